The molecule has 0 aromatic heterocycles. The zero-order valence-corrected chi connectivity index (χ0v) is 18.9. The molecular weight excluding hydrogens is 488 g/mol. The van der Waals surface area contributed by atoms with Crippen molar-refractivity contribution in [2.75, 3.05) is 39.3 Å². The number of nitrogens with zero attached hydrogens (tertiary/aromatic N) is 3. The number of carbonyl (C=O) groups is 1. The minimum absolute atomic E-state index is 0. The predicted octanol–water partition coefficient (Wildman–Crippen LogP) is 2.74. The monoisotopic (exact) mass is 513 g/mol. The number of halogens is 3. The van der Waals surface area contributed by atoms with E-state index in [1.165, 1.54) is 0 Å². The maximum atomic E-state index is 11.3. The molecule has 1 aromatic carbocycles. The van der Waals surface area contributed by atoms with Gasteiger partial charge in [-0.1, -0.05) is 29.3 Å². The lowest BCUT2D eigenvalue weighted by Gasteiger charge is -2.33. The molecule has 0 bridgehead atoms. The fraction of sp³-hybridized carbons (Fsp3) is 0.529. The molecule has 0 radical (unpaired) electrons. The second-order valence-corrected chi connectivity index (χ2v) is 6.99. The molecular formula is C17H26Cl2IN5O. The topological polar surface area (TPSA) is 74.0 Å². The number of hydrogen-bond donors (Lipinski definition) is 2. The molecule has 1 heterocycles. The van der Waals surface area contributed by atoms with Crippen LogP contribution in [-0.4, -0.2) is 60.9 Å². The Bertz CT molecular complexity index is 636. The molecule has 2 rings (SSSR count). The third-order valence-electron chi connectivity index (χ3n) is 4.31. The smallest absolute Gasteiger partial charge is 0.219 e. The first-order chi connectivity index (χ1) is 11.9. The number of aliphatic imine (C=N–C) groups is 1. The van der Waals surface area contributed by atoms with E-state index in [1.807, 2.05) is 17.9 Å². The summed E-state index contributed by atoms with van der Waals surface area (Å²) in [6.45, 7) is 8.32. The van der Waals surface area contributed by atoms with Crippen LogP contribution in [0.5, 0.6) is 0 Å². The molecule has 146 valence electrons. The van der Waals surface area contributed by atoms with Crippen LogP contribution in [0.4, 0.5) is 0 Å². The van der Waals surface area contributed by atoms with Crippen LogP contribution in [0.1, 0.15) is 25.5 Å². The average Bonchev–Trinajstić information content (AvgIpc) is 2.55. The van der Waals surface area contributed by atoms with Crippen molar-refractivity contribution in [2.24, 2.45) is 10.7 Å². The third kappa shape index (κ3) is 7.09. The highest BCUT2D eigenvalue weighted by Crippen LogP contribution is 2.25. The Morgan fingerprint density at radius 2 is 1.96 bits per heavy atom. The quantitative estimate of drug-likeness (QED) is 0.360. The van der Waals surface area contributed by atoms with Gasteiger partial charge in [-0.05, 0) is 24.6 Å². The van der Waals surface area contributed by atoms with E-state index < -0.39 is 0 Å². The number of piperazine rings is 1. The summed E-state index contributed by atoms with van der Waals surface area (Å²) in [4.78, 5) is 19.8. The number of benzene rings is 1. The second-order valence-electron chi connectivity index (χ2n) is 6.15. The van der Waals surface area contributed by atoms with Gasteiger partial charge in [0.2, 0.25) is 5.91 Å². The molecule has 0 saturated carbocycles. The van der Waals surface area contributed by atoms with Crippen molar-refractivity contribution in [3.8, 4) is 0 Å². The van der Waals surface area contributed by atoms with Gasteiger partial charge in [-0.15, -0.1) is 24.0 Å². The Kier molecular flexibility index (Phi) is 9.99. The highest BCUT2D eigenvalue weighted by molar-refractivity contribution is 14.0. The standard InChI is InChI=1S/C17H25Cl2N5O.HI/c1-12(15-4-3-14(18)11-16(15)19)22-17(20)21-5-6-23-7-9-24(10-8-23)13(2)25;/h3-4,11-12H,5-10H2,1-2H3,(H3,20,21,22);1H. The number of nitrogens with two attached hydrogens (primary N) is 1. The molecule has 26 heavy (non-hydrogen) atoms. The van der Waals surface area contributed by atoms with Crippen LogP contribution in [0.3, 0.4) is 0 Å². The van der Waals surface area contributed by atoms with Gasteiger partial charge in [0.25, 0.3) is 0 Å². The van der Waals surface area contributed by atoms with Crippen LogP contribution in [-0.2, 0) is 4.79 Å². The highest BCUT2D eigenvalue weighted by atomic mass is 127. The first-order valence-electron chi connectivity index (χ1n) is 8.36. The number of hydrogen-bond acceptors (Lipinski definition) is 3. The molecule has 9 heteroatoms. The number of amides is 1. The summed E-state index contributed by atoms with van der Waals surface area (Å²) in [5.74, 6) is 0.529. The van der Waals surface area contributed by atoms with E-state index in [0.717, 1.165) is 38.3 Å². The molecule has 1 unspecified atom stereocenters. The third-order valence-corrected chi connectivity index (χ3v) is 4.87. The Morgan fingerprint density at radius 3 is 2.54 bits per heavy atom. The van der Waals surface area contributed by atoms with Crippen LogP contribution in [0, 0.1) is 0 Å². The van der Waals surface area contributed by atoms with Gasteiger partial charge in [-0.25, -0.2) is 0 Å². The summed E-state index contributed by atoms with van der Waals surface area (Å²) in [6, 6.07) is 5.33. The largest absolute Gasteiger partial charge is 0.370 e. The van der Waals surface area contributed by atoms with Gasteiger partial charge in [0.05, 0.1) is 12.6 Å². The molecule has 0 spiro atoms. The zero-order valence-electron chi connectivity index (χ0n) is 15.0. The van der Waals surface area contributed by atoms with Crippen LogP contribution >= 0.6 is 47.2 Å². The molecule has 1 atom stereocenters. The Labute approximate surface area is 182 Å². The SMILES string of the molecule is CC(=O)N1CCN(CCN=C(N)NC(C)c2ccc(Cl)cc2Cl)CC1.I. The zero-order chi connectivity index (χ0) is 18.4. The molecule has 6 nitrogen and oxygen atoms in total. The van der Waals surface area contributed by atoms with Gasteiger partial charge in [0.15, 0.2) is 5.96 Å². The van der Waals surface area contributed by atoms with Crippen molar-refractivity contribution in [1.82, 2.24) is 15.1 Å². The normalized spacial score (nSPS) is 16.8. The molecule has 1 aromatic rings. The first kappa shape index (κ1) is 23.3. The van der Waals surface area contributed by atoms with E-state index in [2.05, 4.69) is 15.2 Å². The van der Waals surface area contributed by atoms with Crippen molar-refractivity contribution in [2.45, 2.75) is 19.9 Å². The lowest BCUT2D eigenvalue weighted by Crippen LogP contribution is -2.48. The summed E-state index contributed by atoms with van der Waals surface area (Å²) < 4.78 is 0. The summed E-state index contributed by atoms with van der Waals surface area (Å²) in [6.07, 6.45) is 0. The van der Waals surface area contributed by atoms with Crippen LogP contribution < -0.4 is 11.1 Å². The van der Waals surface area contributed by atoms with Gasteiger partial charge in [-0.2, -0.15) is 0 Å². The molecule has 1 amide bonds. The lowest BCUT2D eigenvalue weighted by molar-refractivity contribution is -0.130. The summed E-state index contributed by atoms with van der Waals surface area (Å²) in [7, 11) is 0. The number of nitrogens with one attached hydrogen (secondary N) is 1. The van der Waals surface area contributed by atoms with Crippen LogP contribution in [0.15, 0.2) is 23.2 Å². The van der Waals surface area contributed by atoms with Crippen molar-refractivity contribution < 1.29 is 4.79 Å². The van der Waals surface area contributed by atoms with E-state index in [1.54, 1.807) is 19.1 Å². The molecule has 1 aliphatic rings. The number of carbonyl (C=O) groups excluding carboxylic acids is 1. The first-order valence-corrected chi connectivity index (χ1v) is 9.11. The Hall–Kier alpha value is -0.770. The van der Waals surface area contributed by atoms with Gasteiger partial charge in [0, 0.05) is 49.7 Å². The van der Waals surface area contributed by atoms with Crippen LogP contribution in [0.25, 0.3) is 0 Å². The fourth-order valence-corrected chi connectivity index (χ4v) is 3.37. The van der Waals surface area contributed by atoms with Gasteiger partial charge < -0.3 is 16.0 Å². The van der Waals surface area contributed by atoms with Gasteiger partial charge >= 0.3 is 0 Å². The van der Waals surface area contributed by atoms with Crippen LogP contribution in [0.2, 0.25) is 10.0 Å². The highest BCUT2D eigenvalue weighted by Gasteiger charge is 2.17. The summed E-state index contributed by atoms with van der Waals surface area (Å²) >= 11 is 12.1. The van der Waals surface area contributed by atoms with Crippen molar-refractivity contribution in [3.63, 3.8) is 0 Å². The van der Waals surface area contributed by atoms with Gasteiger partial charge in [0.1, 0.15) is 0 Å². The van der Waals surface area contributed by atoms with E-state index in [-0.39, 0.29) is 35.9 Å². The van der Waals surface area contributed by atoms with E-state index in [4.69, 9.17) is 28.9 Å². The Morgan fingerprint density at radius 1 is 1.31 bits per heavy atom. The van der Waals surface area contributed by atoms with E-state index in [0.29, 0.717) is 22.5 Å². The van der Waals surface area contributed by atoms with Crippen molar-refractivity contribution >= 4 is 59.0 Å². The molecule has 1 aliphatic heterocycles. The minimum atomic E-state index is -0.0624. The minimum Gasteiger partial charge on any atom is -0.370 e. The Balaban J connectivity index is 0.00000338. The lowest BCUT2D eigenvalue weighted by atomic mass is 10.1. The second kappa shape index (κ2) is 11.2. The average molecular weight is 514 g/mol. The van der Waals surface area contributed by atoms with E-state index >= 15 is 0 Å². The molecule has 0 aliphatic carbocycles. The number of guanidine groups is 1. The molecule has 1 saturated heterocycles. The maximum absolute atomic E-state index is 11.3. The fourth-order valence-electron chi connectivity index (χ4n) is 2.80. The summed E-state index contributed by atoms with van der Waals surface area (Å²) in [5, 5.41) is 4.35. The van der Waals surface area contributed by atoms with Crippen molar-refractivity contribution in [3.05, 3.63) is 33.8 Å². The molecule has 1 fully saturated rings. The number of rotatable bonds is 5. The van der Waals surface area contributed by atoms with Crippen molar-refractivity contribution in [1.29, 1.82) is 0 Å². The summed E-state index contributed by atoms with van der Waals surface area (Å²) in [5.41, 5.74) is 6.89. The maximum Gasteiger partial charge on any atom is 0.219 e. The van der Waals surface area contributed by atoms with Gasteiger partial charge in [-0.3, -0.25) is 14.7 Å². The van der Waals surface area contributed by atoms with E-state index in [9.17, 15) is 4.79 Å². The predicted molar refractivity (Wildman–Crippen MR) is 119 cm³/mol. The molecule has 3 N–H and O–H groups in total.